The van der Waals surface area contributed by atoms with Crippen LogP contribution in [0.2, 0.25) is 0 Å². The standard InChI is InChI=1S/C15H29N3O2/c1-20-11-15(19)18-8-6-13(7-9-18)17-14-5-3-2-4-12(14)10-16/h12-14,17H,2-11,16H2,1H3. The van der Waals surface area contributed by atoms with Crippen LogP contribution in [-0.4, -0.2) is 56.2 Å². The van der Waals surface area contributed by atoms with Crippen LogP contribution in [0.1, 0.15) is 38.5 Å². The van der Waals surface area contributed by atoms with Gasteiger partial charge in [0.15, 0.2) is 0 Å². The number of nitrogens with one attached hydrogen (secondary N) is 1. The Kier molecular flexibility index (Phi) is 6.26. The summed E-state index contributed by atoms with van der Waals surface area (Å²) in [7, 11) is 1.57. The van der Waals surface area contributed by atoms with E-state index in [1.54, 1.807) is 7.11 Å². The Morgan fingerprint density at radius 1 is 1.25 bits per heavy atom. The Morgan fingerprint density at radius 2 is 1.95 bits per heavy atom. The number of carbonyl (C=O) groups excluding carboxylic acids is 1. The summed E-state index contributed by atoms with van der Waals surface area (Å²) in [6, 6.07) is 1.12. The molecule has 2 fully saturated rings. The van der Waals surface area contributed by atoms with Crippen molar-refractivity contribution in [2.75, 3.05) is 33.4 Å². The number of likely N-dealkylation sites (tertiary alicyclic amines) is 1. The van der Waals surface area contributed by atoms with E-state index in [4.69, 9.17) is 10.5 Å². The quantitative estimate of drug-likeness (QED) is 0.780. The number of piperidine rings is 1. The third-order valence-electron chi connectivity index (χ3n) is 4.78. The van der Waals surface area contributed by atoms with Crippen LogP contribution in [-0.2, 0) is 9.53 Å². The highest BCUT2D eigenvalue weighted by molar-refractivity contribution is 5.77. The Hall–Kier alpha value is -0.650. The molecule has 0 aromatic carbocycles. The molecule has 1 saturated carbocycles. The molecule has 5 nitrogen and oxygen atoms in total. The number of nitrogens with zero attached hydrogens (tertiary/aromatic N) is 1. The molecule has 3 N–H and O–H groups in total. The first-order valence-corrected chi connectivity index (χ1v) is 7.97. The largest absolute Gasteiger partial charge is 0.375 e. The number of methoxy groups -OCH3 is 1. The molecule has 0 aromatic heterocycles. The van der Waals surface area contributed by atoms with Gasteiger partial charge in [0.2, 0.25) is 5.91 Å². The van der Waals surface area contributed by atoms with E-state index in [0.29, 0.717) is 18.0 Å². The van der Waals surface area contributed by atoms with E-state index >= 15 is 0 Å². The zero-order valence-electron chi connectivity index (χ0n) is 12.6. The van der Waals surface area contributed by atoms with Gasteiger partial charge < -0.3 is 20.7 Å². The molecule has 0 radical (unpaired) electrons. The highest BCUT2D eigenvalue weighted by Crippen LogP contribution is 2.25. The van der Waals surface area contributed by atoms with Crippen LogP contribution in [0.4, 0.5) is 0 Å². The van der Waals surface area contributed by atoms with Gasteiger partial charge in [-0.15, -0.1) is 0 Å². The molecule has 2 atom stereocenters. The smallest absolute Gasteiger partial charge is 0.248 e. The Morgan fingerprint density at radius 3 is 2.60 bits per heavy atom. The maximum atomic E-state index is 11.8. The lowest BCUT2D eigenvalue weighted by Crippen LogP contribution is -2.51. The van der Waals surface area contributed by atoms with Gasteiger partial charge in [-0.05, 0) is 38.1 Å². The van der Waals surface area contributed by atoms with Crippen molar-refractivity contribution in [3.63, 3.8) is 0 Å². The average molecular weight is 283 g/mol. The minimum absolute atomic E-state index is 0.114. The SMILES string of the molecule is COCC(=O)N1CCC(NC2CCCCC2CN)CC1. The first-order chi connectivity index (χ1) is 9.74. The van der Waals surface area contributed by atoms with Crippen LogP contribution < -0.4 is 11.1 Å². The summed E-state index contributed by atoms with van der Waals surface area (Å²) in [5.74, 6) is 0.750. The zero-order chi connectivity index (χ0) is 14.4. The highest BCUT2D eigenvalue weighted by atomic mass is 16.5. The van der Waals surface area contributed by atoms with Gasteiger partial charge in [0.25, 0.3) is 0 Å². The summed E-state index contributed by atoms with van der Waals surface area (Å²) < 4.78 is 4.91. The molecule has 116 valence electrons. The predicted molar refractivity (Wildman–Crippen MR) is 79.4 cm³/mol. The number of rotatable bonds is 5. The van der Waals surface area contributed by atoms with Crippen molar-refractivity contribution in [1.82, 2.24) is 10.2 Å². The molecule has 0 bridgehead atoms. The topological polar surface area (TPSA) is 67.6 Å². The molecule has 1 aliphatic heterocycles. The van der Waals surface area contributed by atoms with Gasteiger partial charge in [-0.25, -0.2) is 0 Å². The predicted octanol–water partition coefficient (Wildman–Crippen LogP) is 0.731. The number of carbonyl (C=O) groups is 1. The Balaban J connectivity index is 1.74. The Labute approximate surface area is 122 Å². The molecule has 2 rings (SSSR count). The highest BCUT2D eigenvalue weighted by Gasteiger charge is 2.28. The number of hydrogen-bond acceptors (Lipinski definition) is 4. The molecule has 5 heteroatoms. The van der Waals surface area contributed by atoms with Crippen molar-refractivity contribution in [1.29, 1.82) is 0 Å². The lowest BCUT2D eigenvalue weighted by Gasteiger charge is -2.38. The lowest BCUT2D eigenvalue weighted by molar-refractivity contribution is -0.136. The van der Waals surface area contributed by atoms with Gasteiger partial charge in [-0.1, -0.05) is 12.8 Å². The zero-order valence-corrected chi connectivity index (χ0v) is 12.6. The van der Waals surface area contributed by atoms with Crippen molar-refractivity contribution in [2.24, 2.45) is 11.7 Å². The second kappa shape index (κ2) is 7.96. The van der Waals surface area contributed by atoms with Gasteiger partial charge in [0, 0.05) is 32.3 Å². The number of nitrogens with two attached hydrogens (primary N) is 1. The van der Waals surface area contributed by atoms with E-state index in [-0.39, 0.29) is 12.5 Å². The minimum atomic E-state index is 0.114. The van der Waals surface area contributed by atoms with Crippen molar-refractivity contribution < 1.29 is 9.53 Å². The first-order valence-electron chi connectivity index (χ1n) is 7.97. The Bertz CT molecular complexity index is 303. The number of hydrogen-bond donors (Lipinski definition) is 2. The molecule has 1 heterocycles. The summed E-state index contributed by atoms with van der Waals surface area (Å²) in [6.07, 6.45) is 7.25. The number of ether oxygens (including phenoxy) is 1. The maximum Gasteiger partial charge on any atom is 0.248 e. The van der Waals surface area contributed by atoms with E-state index in [1.807, 2.05) is 4.90 Å². The molecule has 1 amide bonds. The van der Waals surface area contributed by atoms with Crippen LogP contribution in [0.25, 0.3) is 0 Å². The van der Waals surface area contributed by atoms with E-state index in [2.05, 4.69) is 5.32 Å². The third kappa shape index (κ3) is 4.17. The van der Waals surface area contributed by atoms with Crippen molar-refractivity contribution in [3.8, 4) is 0 Å². The molecule has 1 aliphatic carbocycles. The summed E-state index contributed by atoms with van der Waals surface area (Å²) in [6.45, 7) is 2.69. The average Bonchev–Trinajstić information content (AvgIpc) is 2.49. The molecule has 2 aliphatic rings. The lowest BCUT2D eigenvalue weighted by atomic mass is 9.83. The second-order valence-corrected chi connectivity index (χ2v) is 6.14. The van der Waals surface area contributed by atoms with Gasteiger partial charge in [0.1, 0.15) is 6.61 Å². The molecule has 1 saturated heterocycles. The van der Waals surface area contributed by atoms with E-state index < -0.39 is 0 Å². The van der Waals surface area contributed by atoms with Gasteiger partial charge in [-0.3, -0.25) is 4.79 Å². The fourth-order valence-electron chi connectivity index (χ4n) is 3.52. The van der Waals surface area contributed by atoms with Crippen LogP contribution in [0.15, 0.2) is 0 Å². The minimum Gasteiger partial charge on any atom is -0.375 e. The van der Waals surface area contributed by atoms with Crippen LogP contribution in [0.3, 0.4) is 0 Å². The third-order valence-corrected chi connectivity index (χ3v) is 4.78. The van der Waals surface area contributed by atoms with Crippen LogP contribution in [0, 0.1) is 5.92 Å². The monoisotopic (exact) mass is 283 g/mol. The van der Waals surface area contributed by atoms with E-state index in [9.17, 15) is 4.79 Å². The molecule has 0 aromatic rings. The fraction of sp³-hybridized carbons (Fsp3) is 0.933. The van der Waals surface area contributed by atoms with E-state index in [1.165, 1.54) is 25.7 Å². The van der Waals surface area contributed by atoms with Crippen LogP contribution in [0.5, 0.6) is 0 Å². The fourth-order valence-corrected chi connectivity index (χ4v) is 3.52. The number of amides is 1. The van der Waals surface area contributed by atoms with Crippen LogP contribution >= 0.6 is 0 Å². The molecule has 2 unspecified atom stereocenters. The molecule has 20 heavy (non-hydrogen) atoms. The van der Waals surface area contributed by atoms with Crippen molar-refractivity contribution in [2.45, 2.75) is 50.6 Å². The summed E-state index contributed by atoms with van der Waals surface area (Å²) in [5.41, 5.74) is 5.89. The first kappa shape index (κ1) is 15.7. The van der Waals surface area contributed by atoms with Crippen molar-refractivity contribution >= 4 is 5.91 Å². The summed E-state index contributed by atoms with van der Waals surface area (Å²) in [5, 5.41) is 3.80. The molecule has 0 spiro atoms. The second-order valence-electron chi connectivity index (χ2n) is 6.14. The normalized spacial score (nSPS) is 28.6. The van der Waals surface area contributed by atoms with Gasteiger partial charge in [0.05, 0.1) is 0 Å². The van der Waals surface area contributed by atoms with Crippen molar-refractivity contribution in [3.05, 3.63) is 0 Å². The van der Waals surface area contributed by atoms with Gasteiger partial charge >= 0.3 is 0 Å². The summed E-state index contributed by atoms with van der Waals surface area (Å²) in [4.78, 5) is 13.7. The van der Waals surface area contributed by atoms with E-state index in [0.717, 1.165) is 32.5 Å². The summed E-state index contributed by atoms with van der Waals surface area (Å²) >= 11 is 0. The molecular weight excluding hydrogens is 254 g/mol. The maximum absolute atomic E-state index is 11.8. The molecular formula is C15H29N3O2. The van der Waals surface area contributed by atoms with Gasteiger partial charge in [-0.2, -0.15) is 0 Å².